The quantitative estimate of drug-likeness (QED) is 0.530. The van der Waals surface area contributed by atoms with Crippen LogP contribution in [-0.2, 0) is 14.3 Å². The van der Waals surface area contributed by atoms with Crippen molar-refractivity contribution in [3.05, 3.63) is 0 Å². The number of hydrogen-bond donors (Lipinski definition) is 3. The summed E-state index contributed by atoms with van der Waals surface area (Å²) < 4.78 is 10.4. The number of fused-ring (bicyclic) bond motifs is 1. The minimum atomic E-state index is -1.45. The van der Waals surface area contributed by atoms with E-state index in [9.17, 15) is 20.1 Å². The summed E-state index contributed by atoms with van der Waals surface area (Å²) in [5, 5.41) is 29.6. The van der Waals surface area contributed by atoms with Gasteiger partial charge in [0.05, 0.1) is 12.7 Å². The van der Waals surface area contributed by atoms with E-state index >= 15 is 0 Å². The molecule has 0 aromatic heterocycles. The number of esters is 1. The number of carbonyl (C=O) groups excluding carboxylic acids is 1. The maximum absolute atomic E-state index is 11.0. The van der Waals surface area contributed by atoms with Gasteiger partial charge in [0.1, 0.15) is 17.8 Å². The molecule has 17 heavy (non-hydrogen) atoms. The molecule has 6 nitrogen and oxygen atoms in total. The van der Waals surface area contributed by atoms with Crippen molar-refractivity contribution in [1.82, 2.24) is 0 Å². The van der Waals surface area contributed by atoms with Crippen molar-refractivity contribution >= 4 is 5.97 Å². The molecule has 1 heterocycles. The van der Waals surface area contributed by atoms with Gasteiger partial charge in [-0.1, -0.05) is 13.8 Å². The van der Waals surface area contributed by atoms with Crippen LogP contribution in [0.1, 0.15) is 20.8 Å². The first-order chi connectivity index (χ1) is 7.76. The molecule has 3 N–H and O–H groups in total. The van der Waals surface area contributed by atoms with Crippen molar-refractivity contribution in [2.75, 3.05) is 6.61 Å². The van der Waals surface area contributed by atoms with Gasteiger partial charge in [-0.3, -0.25) is 4.79 Å². The molecule has 1 saturated carbocycles. The third-order valence-electron chi connectivity index (χ3n) is 4.06. The van der Waals surface area contributed by atoms with Crippen LogP contribution in [-0.4, -0.2) is 57.9 Å². The third-order valence-corrected chi connectivity index (χ3v) is 4.06. The van der Waals surface area contributed by atoms with E-state index in [1.807, 2.05) is 0 Å². The van der Waals surface area contributed by atoms with Gasteiger partial charge in [-0.2, -0.15) is 0 Å². The molecule has 2 fully saturated rings. The Balaban J connectivity index is 2.31. The summed E-state index contributed by atoms with van der Waals surface area (Å²) in [6.07, 6.45) is -3.42. The van der Waals surface area contributed by atoms with Crippen molar-refractivity contribution in [3.63, 3.8) is 0 Å². The predicted molar refractivity (Wildman–Crippen MR) is 56.0 cm³/mol. The summed E-state index contributed by atoms with van der Waals surface area (Å²) in [5.74, 6) is -0.552. The zero-order chi connectivity index (χ0) is 13.0. The molecular weight excluding hydrogens is 228 g/mol. The average molecular weight is 246 g/mol. The first-order valence-corrected chi connectivity index (χ1v) is 5.60. The zero-order valence-electron chi connectivity index (χ0n) is 10.1. The van der Waals surface area contributed by atoms with Gasteiger partial charge in [0.15, 0.2) is 6.10 Å². The molecule has 0 radical (unpaired) electrons. The molecule has 1 unspecified atom stereocenters. The fraction of sp³-hybridized carbons (Fsp3) is 0.909. The Bertz CT molecular complexity index is 341. The van der Waals surface area contributed by atoms with Gasteiger partial charge in [0.2, 0.25) is 0 Å². The molecule has 1 saturated heterocycles. The molecule has 1 aliphatic carbocycles. The molecule has 0 aromatic carbocycles. The maximum Gasteiger partial charge on any atom is 0.303 e. The highest BCUT2D eigenvalue weighted by Gasteiger charge is 2.77. The largest absolute Gasteiger partial charge is 0.456 e. The molecule has 5 atom stereocenters. The van der Waals surface area contributed by atoms with E-state index in [1.54, 1.807) is 13.8 Å². The van der Waals surface area contributed by atoms with E-state index in [2.05, 4.69) is 0 Å². The topological polar surface area (TPSA) is 96.2 Å². The summed E-state index contributed by atoms with van der Waals surface area (Å²) in [6.45, 7) is 4.20. The van der Waals surface area contributed by atoms with Gasteiger partial charge in [0.25, 0.3) is 0 Å². The van der Waals surface area contributed by atoms with Crippen LogP contribution in [0, 0.1) is 5.41 Å². The van der Waals surface area contributed by atoms with Crippen molar-refractivity contribution in [1.29, 1.82) is 0 Å². The molecule has 0 spiro atoms. The first kappa shape index (κ1) is 12.8. The van der Waals surface area contributed by atoms with Gasteiger partial charge in [0, 0.05) is 12.3 Å². The Morgan fingerprint density at radius 3 is 2.53 bits per heavy atom. The predicted octanol–water partition coefficient (Wildman–Crippen LogP) is -1.19. The van der Waals surface area contributed by atoms with Gasteiger partial charge < -0.3 is 24.8 Å². The first-order valence-electron chi connectivity index (χ1n) is 5.60. The maximum atomic E-state index is 11.0. The minimum Gasteiger partial charge on any atom is -0.456 e. The molecule has 2 rings (SSSR count). The van der Waals surface area contributed by atoms with Gasteiger partial charge in [-0.25, -0.2) is 0 Å². The van der Waals surface area contributed by atoms with E-state index < -0.39 is 41.4 Å². The molecular formula is C11H18O6. The average Bonchev–Trinajstić information content (AvgIpc) is 2.51. The van der Waals surface area contributed by atoms with Crippen molar-refractivity contribution in [2.45, 2.75) is 50.8 Å². The lowest BCUT2D eigenvalue weighted by Gasteiger charge is -2.58. The lowest BCUT2D eigenvalue weighted by molar-refractivity contribution is -0.295. The number of hydrogen-bond acceptors (Lipinski definition) is 6. The van der Waals surface area contributed by atoms with Crippen LogP contribution in [0.3, 0.4) is 0 Å². The molecule has 0 bridgehead atoms. The SMILES string of the molecule is CC(=O)O[C@@H]1[C@@H](CO)O[C@H]2C(O)C(C)(C)[C@]12O. The molecule has 6 heteroatoms. The number of aliphatic hydroxyl groups is 3. The van der Waals surface area contributed by atoms with Crippen molar-refractivity contribution < 1.29 is 29.6 Å². The van der Waals surface area contributed by atoms with E-state index in [1.165, 1.54) is 6.92 Å². The summed E-state index contributed by atoms with van der Waals surface area (Å²) >= 11 is 0. The van der Waals surface area contributed by atoms with E-state index in [0.29, 0.717) is 0 Å². The van der Waals surface area contributed by atoms with Gasteiger partial charge >= 0.3 is 5.97 Å². The lowest BCUT2D eigenvalue weighted by Crippen LogP contribution is -2.77. The minimum absolute atomic E-state index is 0.375. The Morgan fingerprint density at radius 1 is 1.47 bits per heavy atom. The summed E-state index contributed by atoms with van der Waals surface area (Å²) in [4.78, 5) is 11.0. The normalized spacial score (nSPS) is 47.2. The Labute approximate surface area is 99.1 Å². The van der Waals surface area contributed by atoms with Crippen LogP contribution >= 0.6 is 0 Å². The lowest BCUT2D eigenvalue weighted by atomic mass is 9.53. The molecule has 1 aliphatic heterocycles. The standard InChI is InChI=1S/C11H18O6/c1-5(13)16-8-6(4-12)17-9-7(14)10(2,3)11(8,9)15/h6-9,12,14-15H,4H2,1-3H3/t6-,7?,8-,9+,11+/m1/s1. The molecule has 0 amide bonds. The van der Waals surface area contributed by atoms with Crippen LogP contribution in [0.2, 0.25) is 0 Å². The van der Waals surface area contributed by atoms with E-state index in [4.69, 9.17) is 9.47 Å². The summed E-state index contributed by atoms with van der Waals surface area (Å²) in [6, 6.07) is 0. The van der Waals surface area contributed by atoms with E-state index in [-0.39, 0.29) is 6.61 Å². The number of carbonyl (C=O) groups is 1. The van der Waals surface area contributed by atoms with E-state index in [0.717, 1.165) is 0 Å². The summed E-state index contributed by atoms with van der Waals surface area (Å²) in [7, 11) is 0. The van der Waals surface area contributed by atoms with Gasteiger partial charge in [-0.15, -0.1) is 0 Å². The highest BCUT2D eigenvalue weighted by molar-refractivity contribution is 5.66. The highest BCUT2D eigenvalue weighted by atomic mass is 16.6. The Hall–Kier alpha value is -0.690. The number of rotatable bonds is 2. The molecule has 2 aliphatic rings. The number of ether oxygens (including phenoxy) is 2. The Morgan fingerprint density at radius 2 is 2.06 bits per heavy atom. The third kappa shape index (κ3) is 1.38. The molecule has 0 aromatic rings. The van der Waals surface area contributed by atoms with Crippen LogP contribution in [0.5, 0.6) is 0 Å². The van der Waals surface area contributed by atoms with Crippen LogP contribution in [0.15, 0.2) is 0 Å². The smallest absolute Gasteiger partial charge is 0.303 e. The van der Waals surface area contributed by atoms with Crippen molar-refractivity contribution in [2.24, 2.45) is 5.41 Å². The van der Waals surface area contributed by atoms with Gasteiger partial charge in [-0.05, 0) is 0 Å². The van der Waals surface area contributed by atoms with Crippen LogP contribution in [0.4, 0.5) is 0 Å². The van der Waals surface area contributed by atoms with Crippen LogP contribution < -0.4 is 0 Å². The molecule has 98 valence electrons. The van der Waals surface area contributed by atoms with Crippen LogP contribution in [0.25, 0.3) is 0 Å². The number of aliphatic hydroxyl groups excluding tert-OH is 2. The second kappa shape index (κ2) is 3.65. The van der Waals surface area contributed by atoms with Crippen molar-refractivity contribution in [3.8, 4) is 0 Å². The second-order valence-electron chi connectivity index (χ2n) is 5.30. The zero-order valence-corrected chi connectivity index (χ0v) is 10.1. The second-order valence-corrected chi connectivity index (χ2v) is 5.30. The fourth-order valence-electron chi connectivity index (χ4n) is 2.86. The fourth-order valence-corrected chi connectivity index (χ4v) is 2.86. The highest BCUT2D eigenvalue weighted by Crippen LogP contribution is 2.58. The monoisotopic (exact) mass is 246 g/mol. The Kier molecular flexibility index (Phi) is 2.74. The summed E-state index contributed by atoms with van der Waals surface area (Å²) in [5.41, 5.74) is -2.30.